The minimum atomic E-state index is 0.575. The number of benzene rings is 8. The maximum absolute atomic E-state index is 6.51. The van der Waals surface area contributed by atoms with Gasteiger partial charge in [0.25, 0.3) is 0 Å². The average molecular weight is 731 g/mol. The molecule has 8 aromatic carbocycles. The van der Waals surface area contributed by atoms with Gasteiger partial charge in [0.1, 0.15) is 22.3 Å². The standard InChI is InChI=1S/C51H30N4O2/c1-2-12-32(13-3-1)49-52-50(33-26-24-31(25-27-33)35-17-10-18-39-38-16-6-9-22-44(38)57-48(35)39)54-51(53-49)40-19-11-23-46-47(40)41-30-34(28-29-45(41)56-46)55-42-20-7-4-14-36(42)37-15-5-8-21-43(37)55/h1-30H. The molecule has 0 aliphatic carbocycles. The molecule has 0 amide bonds. The lowest BCUT2D eigenvalue weighted by Crippen LogP contribution is -2.00. The van der Waals surface area contributed by atoms with E-state index in [1.807, 2.05) is 60.7 Å². The summed E-state index contributed by atoms with van der Waals surface area (Å²) in [4.78, 5) is 15.4. The Morgan fingerprint density at radius 1 is 0.351 bits per heavy atom. The number of fused-ring (bicyclic) bond motifs is 9. The summed E-state index contributed by atoms with van der Waals surface area (Å²) < 4.78 is 15.2. The van der Waals surface area contributed by atoms with Gasteiger partial charge in [0, 0.05) is 60.3 Å². The van der Waals surface area contributed by atoms with Gasteiger partial charge >= 0.3 is 0 Å². The molecule has 0 aliphatic rings. The van der Waals surface area contributed by atoms with Crippen LogP contribution < -0.4 is 0 Å². The van der Waals surface area contributed by atoms with Gasteiger partial charge in [0.05, 0.1) is 11.0 Å². The number of para-hydroxylation sites is 4. The van der Waals surface area contributed by atoms with Crippen LogP contribution in [0.2, 0.25) is 0 Å². The van der Waals surface area contributed by atoms with Gasteiger partial charge in [-0.25, -0.2) is 15.0 Å². The van der Waals surface area contributed by atoms with Crippen LogP contribution in [0.1, 0.15) is 0 Å². The van der Waals surface area contributed by atoms with Gasteiger partial charge in [-0.3, -0.25) is 0 Å². The molecule has 0 N–H and O–H groups in total. The fraction of sp³-hybridized carbons (Fsp3) is 0. The first-order valence-corrected chi connectivity index (χ1v) is 19.0. The zero-order chi connectivity index (χ0) is 37.5. The number of aromatic nitrogens is 4. The molecule has 0 unspecified atom stereocenters. The average Bonchev–Trinajstić information content (AvgIpc) is 3.96. The molecule has 4 aromatic heterocycles. The number of nitrogens with zero attached hydrogens (tertiary/aromatic N) is 4. The number of rotatable bonds is 5. The third kappa shape index (κ3) is 4.94. The van der Waals surface area contributed by atoms with Gasteiger partial charge in [-0.2, -0.15) is 0 Å². The fourth-order valence-electron chi connectivity index (χ4n) is 8.46. The molecule has 0 saturated carbocycles. The summed E-state index contributed by atoms with van der Waals surface area (Å²) in [6.07, 6.45) is 0. The van der Waals surface area contributed by atoms with E-state index in [0.717, 1.165) is 88.4 Å². The van der Waals surface area contributed by atoms with Crippen molar-refractivity contribution in [2.24, 2.45) is 0 Å². The van der Waals surface area contributed by atoms with E-state index in [1.54, 1.807) is 0 Å². The second-order valence-electron chi connectivity index (χ2n) is 14.4. The van der Waals surface area contributed by atoms with Gasteiger partial charge in [-0.15, -0.1) is 0 Å². The molecule has 6 nitrogen and oxygen atoms in total. The van der Waals surface area contributed by atoms with Gasteiger partial charge in [-0.05, 0) is 48.0 Å². The topological polar surface area (TPSA) is 69.9 Å². The molecule has 0 radical (unpaired) electrons. The predicted molar refractivity (Wildman–Crippen MR) is 230 cm³/mol. The van der Waals surface area contributed by atoms with E-state index < -0.39 is 0 Å². The lowest BCUT2D eigenvalue weighted by molar-refractivity contribution is 0.669. The van der Waals surface area contributed by atoms with Gasteiger partial charge < -0.3 is 13.4 Å². The quantitative estimate of drug-likeness (QED) is 0.176. The van der Waals surface area contributed by atoms with Crippen molar-refractivity contribution in [1.82, 2.24) is 19.5 Å². The molecule has 4 heterocycles. The van der Waals surface area contributed by atoms with Crippen molar-refractivity contribution < 1.29 is 8.83 Å². The normalized spacial score (nSPS) is 11.9. The monoisotopic (exact) mass is 730 g/mol. The first kappa shape index (κ1) is 31.5. The lowest BCUT2D eigenvalue weighted by Gasteiger charge is -2.10. The maximum atomic E-state index is 6.51. The summed E-state index contributed by atoms with van der Waals surface area (Å²) in [5, 5.41) is 6.60. The molecule has 0 spiro atoms. The maximum Gasteiger partial charge on any atom is 0.164 e. The number of hydrogen-bond donors (Lipinski definition) is 0. The van der Waals surface area contributed by atoms with Crippen molar-refractivity contribution in [3.05, 3.63) is 182 Å². The molecule has 57 heavy (non-hydrogen) atoms. The second kappa shape index (κ2) is 12.3. The predicted octanol–water partition coefficient (Wildman–Crippen LogP) is 13.4. The summed E-state index contributed by atoms with van der Waals surface area (Å²) in [7, 11) is 0. The smallest absolute Gasteiger partial charge is 0.164 e. The van der Waals surface area contributed by atoms with Crippen LogP contribution in [-0.2, 0) is 0 Å². The van der Waals surface area contributed by atoms with Crippen LogP contribution in [0.25, 0.3) is 117 Å². The minimum absolute atomic E-state index is 0.575. The van der Waals surface area contributed by atoms with E-state index in [0.29, 0.717) is 17.5 Å². The molecule has 0 aliphatic heterocycles. The molecule has 0 saturated heterocycles. The van der Waals surface area contributed by atoms with E-state index in [9.17, 15) is 0 Å². The largest absolute Gasteiger partial charge is 0.456 e. The highest BCUT2D eigenvalue weighted by molar-refractivity contribution is 6.14. The van der Waals surface area contributed by atoms with Crippen LogP contribution in [0.15, 0.2) is 191 Å². The molecule has 0 bridgehead atoms. The Kier molecular flexibility index (Phi) is 6.83. The Balaban J connectivity index is 1.02. The van der Waals surface area contributed by atoms with E-state index in [4.69, 9.17) is 23.8 Å². The zero-order valence-corrected chi connectivity index (χ0v) is 30.4. The molecule has 12 aromatic rings. The number of furan rings is 2. The van der Waals surface area contributed by atoms with Crippen molar-refractivity contribution in [1.29, 1.82) is 0 Å². The lowest BCUT2D eigenvalue weighted by atomic mass is 10.0. The van der Waals surface area contributed by atoms with Gasteiger partial charge in [0.15, 0.2) is 17.5 Å². The Morgan fingerprint density at radius 3 is 1.68 bits per heavy atom. The summed E-state index contributed by atoms with van der Waals surface area (Å²) in [5.41, 5.74) is 11.4. The SMILES string of the molecule is c1ccc(-c2nc(-c3ccc(-c4cccc5c4oc4ccccc45)cc3)nc(-c3cccc4oc5ccc(-n6c7ccccc7c7ccccc76)cc5c34)n2)cc1. The summed E-state index contributed by atoms with van der Waals surface area (Å²) in [6.45, 7) is 0. The van der Waals surface area contributed by atoms with Crippen LogP contribution in [0.3, 0.4) is 0 Å². The molecular weight excluding hydrogens is 701 g/mol. The van der Waals surface area contributed by atoms with Crippen molar-refractivity contribution in [3.63, 3.8) is 0 Å². The van der Waals surface area contributed by atoms with E-state index in [2.05, 4.69) is 126 Å². The molecular formula is C51H30N4O2. The minimum Gasteiger partial charge on any atom is -0.456 e. The Hall–Kier alpha value is -7.83. The van der Waals surface area contributed by atoms with Crippen molar-refractivity contribution in [2.45, 2.75) is 0 Å². The van der Waals surface area contributed by atoms with Gasteiger partial charge in [-0.1, -0.05) is 140 Å². The Morgan fingerprint density at radius 2 is 0.912 bits per heavy atom. The summed E-state index contributed by atoms with van der Waals surface area (Å²) >= 11 is 0. The van der Waals surface area contributed by atoms with Crippen LogP contribution in [-0.4, -0.2) is 19.5 Å². The van der Waals surface area contributed by atoms with Crippen LogP contribution in [0.4, 0.5) is 0 Å². The van der Waals surface area contributed by atoms with Crippen LogP contribution in [0.5, 0.6) is 0 Å². The Bertz CT molecular complexity index is 3470. The molecule has 6 heteroatoms. The number of hydrogen-bond acceptors (Lipinski definition) is 5. The van der Waals surface area contributed by atoms with E-state index >= 15 is 0 Å². The summed E-state index contributed by atoms with van der Waals surface area (Å²) in [5.74, 6) is 1.76. The van der Waals surface area contributed by atoms with Crippen molar-refractivity contribution in [2.75, 3.05) is 0 Å². The zero-order valence-electron chi connectivity index (χ0n) is 30.4. The molecule has 0 fully saturated rings. The van der Waals surface area contributed by atoms with Gasteiger partial charge in [0.2, 0.25) is 0 Å². The highest BCUT2D eigenvalue weighted by Gasteiger charge is 2.20. The first-order chi connectivity index (χ1) is 28.2. The van der Waals surface area contributed by atoms with Crippen LogP contribution in [0, 0.1) is 0 Å². The summed E-state index contributed by atoms with van der Waals surface area (Å²) in [6, 6.07) is 62.6. The fourth-order valence-corrected chi connectivity index (χ4v) is 8.46. The highest BCUT2D eigenvalue weighted by atomic mass is 16.3. The van der Waals surface area contributed by atoms with Crippen molar-refractivity contribution >= 4 is 65.7 Å². The molecule has 12 rings (SSSR count). The highest BCUT2D eigenvalue weighted by Crippen LogP contribution is 2.40. The van der Waals surface area contributed by atoms with E-state index in [1.165, 1.54) is 10.8 Å². The second-order valence-corrected chi connectivity index (χ2v) is 14.4. The van der Waals surface area contributed by atoms with Crippen LogP contribution >= 0.6 is 0 Å². The first-order valence-electron chi connectivity index (χ1n) is 19.0. The molecule has 266 valence electrons. The third-order valence-electron chi connectivity index (χ3n) is 11.1. The third-order valence-corrected chi connectivity index (χ3v) is 11.1. The van der Waals surface area contributed by atoms with E-state index in [-0.39, 0.29) is 0 Å². The Labute approximate surface area is 325 Å². The molecule has 0 atom stereocenters. The van der Waals surface area contributed by atoms with Crippen molar-refractivity contribution in [3.8, 4) is 51.0 Å².